The van der Waals surface area contributed by atoms with Crippen LogP contribution in [0.4, 0.5) is 0 Å². The molecule has 0 saturated carbocycles. The van der Waals surface area contributed by atoms with E-state index in [1.165, 1.54) is 115 Å². The van der Waals surface area contributed by atoms with Crippen LogP contribution in [0.2, 0.25) is 0 Å². The Morgan fingerprint density at radius 3 is 2.11 bits per heavy atom. The van der Waals surface area contributed by atoms with Gasteiger partial charge in [0.2, 0.25) is 0 Å². The minimum atomic E-state index is 0.273. The number of allylic oxidation sites excluding steroid dienone is 10. The fourth-order valence-electron chi connectivity index (χ4n) is 11.7. The molecular formula is C57H40. The Bertz CT molecular complexity index is 3270. The Labute approximate surface area is 333 Å². The highest BCUT2D eigenvalue weighted by Gasteiger charge is 2.45. The van der Waals surface area contributed by atoms with E-state index in [9.17, 15) is 0 Å². The van der Waals surface area contributed by atoms with Gasteiger partial charge in [0.05, 0.1) is 0 Å². The highest BCUT2D eigenvalue weighted by molar-refractivity contribution is 6.31. The zero-order chi connectivity index (χ0) is 37.4. The topological polar surface area (TPSA) is 0 Å². The first-order valence-electron chi connectivity index (χ1n) is 20.9. The quantitative estimate of drug-likeness (QED) is 0.159. The molecule has 7 aromatic rings. The molecule has 57 heavy (non-hydrogen) atoms. The Morgan fingerprint density at radius 1 is 0.544 bits per heavy atom. The number of hydrogen-bond acceptors (Lipinski definition) is 0. The van der Waals surface area contributed by atoms with Gasteiger partial charge < -0.3 is 0 Å². The SMILES string of the molecule is Cc1ccc2c(c1)=C(C1=CC3=C(C=C4c5c(c(-c6ccccc6)c6cc7c8c(cccc8c6c5-c5ccccc5)-c5ccccc5-7)C5=CC=CC3C54)CC1)CCC=2. The molecular weight excluding hydrogens is 685 g/mol. The fourth-order valence-corrected chi connectivity index (χ4v) is 11.7. The molecule has 0 N–H and O–H groups in total. The smallest absolute Gasteiger partial charge is 0.0206 e. The van der Waals surface area contributed by atoms with Crippen LogP contribution in [-0.2, 0) is 0 Å². The third-order valence-corrected chi connectivity index (χ3v) is 14.0. The third-order valence-electron chi connectivity index (χ3n) is 14.0. The Morgan fingerprint density at radius 2 is 1.28 bits per heavy atom. The normalized spacial score (nSPS) is 19.3. The summed E-state index contributed by atoms with van der Waals surface area (Å²) in [7, 11) is 0. The van der Waals surface area contributed by atoms with Crippen molar-refractivity contribution in [2.75, 3.05) is 0 Å². The van der Waals surface area contributed by atoms with Gasteiger partial charge in [-0.25, -0.2) is 0 Å². The Kier molecular flexibility index (Phi) is 6.54. The van der Waals surface area contributed by atoms with E-state index in [0.29, 0.717) is 5.92 Å². The maximum absolute atomic E-state index is 2.66. The third kappa shape index (κ3) is 4.34. The summed E-state index contributed by atoms with van der Waals surface area (Å²) in [4.78, 5) is 0. The molecule has 6 aliphatic rings. The lowest BCUT2D eigenvalue weighted by Crippen LogP contribution is -2.31. The molecule has 6 aliphatic carbocycles. The molecule has 0 aliphatic heterocycles. The molecule has 0 nitrogen and oxygen atoms in total. The van der Waals surface area contributed by atoms with Crippen LogP contribution >= 0.6 is 0 Å². The van der Waals surface area contributed by atoms with Crippen LogP contribution in [0, 0.1) is 18.8 Å². The van der Waals surface area contributed by atoms with E-state index in [2.05, 4.69) is 171 Å². The minimum absolute atomic E-state index is 0.273. The Hall–Kier alpha value is -6.50. The molecule has 0 amide bonds. The second-order valence-corrected chi connectivity index (χ2v) is 16.9. The summed E-state index contributed by atoms with van der Waals surface area (Å²) in [5.74, 6) is 0.575. The van der Waals surface area contributed by atoms with Crippen molar-refractivity contribution in [1.82, 2.24) is 0 Å². The number of aryl methyl sites for hydroxylation is 1. The molecule has 0 radical (unpaired) electrons. The lowest BCUT2D eigenvalue weighted by Gasteiger charge is -2.35. The molecule has 268 valence electrons. The van der Waals surface area contributed by atoms with Crippen molar-refractivity contribution >= 4 is 44.3 Å². The standard InChI is InChI=1S/C57H40/c1-33-25-26-34-17-10-20-39(46(34)29-33)37-27-28-38-31-49-54-43(47(38)30-37)22-12-24-45(54)56-51(35-13-4-2-5-14-35)50-32-48-41-19-9-8-18-40(41)42-21-11-23-44(53(42)48)55(50)52(57(49)56)36-15-6-3-7-16-36/h2-9,11-19,21-26,29-32,43,54H,10,20,27-28H2,1H3. The van der Waals surface area contributed by atoms with Gasteiger partial charge in [-0.3, -0.25) is 0 Å². The molecule has 13 rings (SSSR count). The van der Waals surface area contributed by atoms with Crippen LogP contribution in [0.25, 0.3) is 88.8 Å². The lowest BCUT2D eigenvalue weighted by atomic mass is 9.68. The number of rotatable bonds is 3. The van der Waals surface area contributed by atoms with Gasteiger partial charge in [0, 0.05) is 11.8 Å². The minimum Gasteiger partial charge on any atom is -0.0763 e. The first-order chi connectivity index (χ1) is 28.2. The average molecular weight is 725 g/mol. The first-order valence-corrected chi connectivity index (χ1v) is 20.9. The number of benzene rings is 7. The molecule has 0 bridgehead atoms. The van der Waals surface area contributed by atoms with Crippen LogP contribution in [-0.4, -0.2) is 0 Å². The van der Waals surface area contributed by atoms with Crippen LogP contribution in [0.15, 0.2) is 174 Å². The fraction of sp³-hybridized carbons (Fsp3) is 0.123. The van der Waals surface area contributed by atoms with Crippen molar-refractivity contribution in [2.24, 2.45) is 11.8 Å². The van der Waals surface area contributed by atoms with E-state index in [0.717, 1.165) is 25.7 Å². The molecule has 7 aromatic carbocycles. The van der Waals surface area contributed by atoms with Crippen LogP contribution in [0.5, 0.6) is 0 Å². The van der Waals surface area contributed by atoms with E-state index < -0.39 is 0 Å². The van der Waals surface area contributed by atoms with Crippen molar-refractivity contribution in [3.8, 4) is 44.5 Å². The molecule has 0 aromatic heterocycles. The van der Waals surface area contributed by atoms with E-state index in [4.69, 9.17) is 0 Å². The largest absolute Gasteiger partial charge is 0.0763 e. The van der Waals surface area contributed by atoms with Crippen molar-refractivity contribution in [3.63, 3.8) is 0 Å². The molecule has 0 spiro atoms. The summed E-state index contributed by atoms with van der Waals surface area (Å²) in [6.07, 6.45) is 19.5. The summed E-state index contributed by atoms with van der Waals surface area (Å²) in [6, 6.07) is 48.2. The summed E-state index contributed by atoms with van der Waals surface area (Å²) in [6.45, 7) is 2.23. The molecule has 0 fully saturated rings. The van der Waals surface area contributed by atoms with Crippen molar-refractivity contribution in [3.05, 3.63) is 202 Å². The maximum Gasteiger partial charge on any atom is 0.0206 e. The van der Waals surface area contributed by atoms with Crippen molar-refractivity contribution in [2.45, 2.75) is 32.6 Å². The van der Waals surface area contributed by atoms with Gasteiger partial charge in [0.15, 0.2) is 0 Å². The lowest BCUT2D eigenvalue weighted by molar-refractivity contribution is 0.657. The van der Waals surface area contributed by atoms with Crippen molar-refractivity contribution < 1.29 is 0 Å². The molecule has 0 heteroatoms. The van der Waals surface area contributed by atoms with E-state index >= 15 is 0 Å². The number of hydrogen-bond donors (Lipinski definition) is 0. The predicted octanol–water partition coefficient (Wildman–Crippen LogP) is 13.3. The van der Waals surface area contributed by atoms with Gasteiger partial charge in [-0.2, -0.15) is 0 Å². The van der Waals surface area contributed by atoms with Gasteiger partial charge in [0.1, 0.15) is 0 Å². The monoisotopic (exact) mass is 724 g/mol. The molecule has 0 heterocycles. The molecule has 2 atom stereocenters. The zero-order valence-corrected chi connectivity index (χ0v) is 32.1. The van der Waals surface area contributed by atoms with E-state index in [1.807, 2.05) is 0 Å². The van der Waals surface area contributed by atoms with Gasteiger partial charge in [0.25, 0.3) is 0 Å². The van der Waals surface area contributed by atoms with Crippen LogP contribution < -0.4 is 10.4 Å². The van der Waals surface area contributed by atoms with Crippen molar-refractivity contribution in [1.29, 1.82) is 0 Å². The second-order valence-electron chi connectivity index (χ2n) is 16.9. The molecule has 0 saturated heterocycles. The van der Waals surface area contributed by atoms with Gasteiger partial charge in [-0.15, -0.1) is 0 Å². The van der Waals surface area contributed by atoms with Gasteiger partial charge in [-0.1, -0.05) is 163 Å². The van der Waals surface area contributed by atoms with Crippen LogP contribution in [0.1, 0.15) is 42.4 Å². The summed E-state index contributed by atoms with van der Waals surface area (Å²) in [5.41, 5.74) is 24.1. The van der Waals surface area contributed by atoms with Gasteiger partial charge >= 0.3 is 0 Å². The summed E-state index contributed by atoms with van der Waals surface area (Å²) >= 11 is 0. The van der Waals surface area contributed by atoms with E-state index in [-0.39, 0.29) is 5.92 Å². The number of fused-ring (bicyclic) bond motifs is 10. The predicted molar refractivity (Wildman–Crippen MR) is 241 cm³/mol. The Balaban J connectivity index is 1.15. The van der Waals surface area contributed by atoms with E-state index in [1.54, 1.807) is 11.1 Å². The maximum atomic E-state index is 2.66. The average Bonchev–Trinajstić information content (AvgIpc) is 3.77. The van der Waals surface area contributed by atoms with Gasteiger partial charge in [-0.05, 0) is 160 Å². The highest BCUT2D eigenvalue weighted by Crippen LogP contribution is 2.64. The molecule has 2 unspecified atom stereocenters. The first kappa shape index (κ1) is 31.7. The second kappa shape index (κ2) is 11.8. The highest BCUT2D eigenvalue weighted by atomic mass is 14.5. The van der Waals surface area contributed by atoms with Crippen LogP contribution in [0.3, 0.4) is 0 Å². The summed E-state index contributed by atoms with van der Waals surface area (Å²) < 4.78 is 0. The zero-order valence-electron chi connectivity index (χ0n) is 32.1. The summed E-state index contributed by atoms with van der Waals surface area (Å²) in [5, 5.41) is 8.32.